The number of carbonyl (C=O) groups is 1. The fourth-order valence-electron chi connectivity index (χ4n) is 5.85. The van der Waals surface area contributed by atoms with Gasteiger partial charge >= 0.3 is 0 Å². The highest BCUT2D eigenvalue weighted by molar-refractivity contribution is 5.80. The van der Waals surface area contributed by atoms with Crippen LogP contribution < -0.4 is 33.2 Å². The van der Waals surface area contributed by atoms with Crippen molar-refractivity contribution in [2.75, 3.05) is 39.9 Å². The van der Waals surface area contributed by atoms with Crippen LogP contribution in [0.1, 0.15) is 19.8 Å². The quantitative estimate of drug-likeness (QED) is 0.0825. The summed E-state index contributed by atoms with van der Waals surface area (Å²) < 4.78 is 23.2. The molecule has 0 aromatic heterocycles. The van der Waals surface area contributed by atoms with Crippen LogP contribution in [0.3, 0.4) is 0 Å². The van der Waals surface area contributed by atoms with E-state index in [0.29, 0.717) is 0 Å². The molecule has 3 aliphatic rings. The van der Waals surface area contributed by atoms with Crippen LogP contribution in [0, 0.1) is 0 Å². The second kappa shape index (κ2) is 16.8. The minimum Gasteiger partial charge on any atom is -0.395 e. The van der Waals surface area contributed by atoms with Crippen LogP contribution in [0.4, 0.5) is 0 Å². The minimum atomic E-state index is -1.76. The lowest BCUT2D eigenvalue weighted by molar-refractivity contribution is -0.330. The SMILES string of the molecule is CN[C@@H]1[C@@H](O)[C@@H](O[C@H]2[C@H](NC(=O)[C@@H](O)CCN)C[C@H](N)C(O[C@H]3O[C@H](CNCC(N)CO)[C@@H](O)[C@H](O)[C@H]3O)[C@@H]2O)OC[C@]1(C)O. The fraction of sp³-hybridized carbons (Fsp3) is 0.962. The number of aliphatic hydroxyl groups excluding tert-OH is 7. The molecule has 0 radical (unpaired) electrons. The molecular formula is C26H52N6O13. The molecule has 3 fully saturated rings. The molecule has 1 amide bonds. The van der Waals surface area contributed by atoms with E-state index in [-0.39, 0.29) is 45.7 Å². The second-order valence-electron chi connectivity index (χ2n) is 12.2. The predicted octanol–water partition coefficient (Wildman–Crippen LogP) is -8.18. The zero-order chi connectivity index (χ0) is 33.6. The smallest absolute Gasteiger partial charge is 0.249 e. The maximum atomic E-state index is 12.7. The number of nitrogens with one attached hydrogen (secondary N) is 3. The maximum absolute atomic E-state index is 12.7. The van der Waals surface area contributed by atoms with Crippen LogP contribution in [0.5, 0.6) is 0 Å². The summed E-state index contributed by atoms with van der Waals surface area (Å²) in [7, 11) is 1.52. The maximum Gasteiger partial charge on any atom is 0.249 e. The van der Waals surface area contributed by atoms with Crippen molar-refractivity contribution in [3.63, 3.8) is 0 Å². The van der Waals surface area contributed by atoms with Crippen molar-refractivity contribution in [2.24, 2.45) is 17.2 Å². The Hall–Kier alpha value is -1.21. The molecule has 45 heavy (non-hydrogen) atoms. The van der Waals surface area contributed by atoms with E-state index < -0.39 is 103 Å². The number of hydrogen-bond acceptors (Lipinski definition) is 18. The summed E-state index contributed by atoms with van der Waals surface area (Å²) in [4.78, 5) is 12.7. The largest absolute Gasteiger partial charge is 0.395 e. The van der Waals surface area contributed by atoms with Gasteiger partial charge in [0.25, 0.3) is 0 Å². The summed E-state index contributed by atoms with van der Waals surface area (Å²) in [5, 5.41) is 92.3. The Kier molecular flexibility index (Phi) is 14.2. The third-order valence-electron chi connectivity index (χ3n) is 8.47. The zero-order valence-corrected chi connectivity index (χ0v) is 25.5. The molecule has 3 rings (SSSR count). The van der Waals surface area contributed by atoms with Crippen LogP contribution in [-0.4, -0.2) is 184 Å². The summed E-state index contributed by atoms with van der Waals surface area (Å²) in [6.07, 6.45) is -16.5. The molecule has 17 N–H and O–H groups in total. The first-order chi connectivity index (χ1) is 21.2. The topological polar surface area (TPSA) is 330 Å². The molecule has 2 aliphatic heterocycles. The Labute approximate surface area is 260 Å². The van der Waals surface area contributed by atoms with E-state index in [9.17, 15) is 40.5 Å². The van der Waals surface area contributed by atoms with Crippen molar-refractivity contribution < 1.29 is 64.6 Å². The van der Waals surface area contributed by atoms with Gasteiger partial charge in [-0.2, -0.15) is 0 Å². The molecule has 16 atom stereocenters. The van der Waals surface area contributed by atoms with E-state index in [1.807, 2.05) is 0 Å². The Morgan fingerprint density at radius 2 is 1.71 bits per heavy atom. The molecular weight excluding hydrogens is 604 g/mol. The van der Waals surface area contributed by atoms with E-state index in [4.69, 9.17) is 41.3 Å². The van der Waals surface area contributed by atoms with Crippen molar-refractivity contribution in [2.45, 2.75) is 117 Å². The summed E-state index contributed by atoms with van der Waals surface area (Å²) in [5.41, 5.74) is 16.0. The highest BCUT2D eigenvalue weighted by Gasteiger charge is 2.53. The van der Waals surface area contributed by atoms with Gasteiger partial charge in [-0.1, -0.05) is 0 Å². The van der Waals surface area contributed by atoms with Crippen molar-refractivity contribution in [1.29, 1.82) is 0 Å². The zero-order valence-electron chi connectivity index (χ0n) is 25.5. The lowest BCUT2D eigenvalue weighted by atomic mass is 9.83. The Morgan fingerprint density at radius 3 is 2.33 bits per heavy atom. The molecule has 2 saturated heterocycles. The second-order valence-corrected chi connectivity index (χ2v) is 12.2. The summed E-state index contributed by atoms with van der Waals surface area (Å²) in [6, 6.07) is -3.56. The van der Waals surface area contributed by atoms with Crippen molar-refractivity contribution in [3.8, 4) is 0 Å². The van der Waals surface area contributed by atoms with E-state index in [2.05, 4.69) is 16.0 Å². The first-order valence-electron chi connectivity index (χ1n) is 15.1. The highest BCUT2D eigenvalue weighted by atomic mass is 16.7. The molecule has 0 spiro atoms. The Bertz CT molecular complexity index is 927. The standard InChI is InChI=1S/C26H52N6O13/c1-26(41)9-42-24(19(39)22(26)30-2)45-21-12(32-23(40)13(34)3-4-27)5-11(29)20(18(21)38)44-25-17(37)16(36)15(35)14(43-25)7-31-6-10(28)8-33/h10-22,24-25,30-31,33-39,41H,3-9,27-29H2,1-2H3,(H,32,40)/t10?,11-,12+,13-,14+,15+,16-,17+,18-,19+,20?,21-,22+,24+,25+,26-/m0/s1. The molecule has 264 valence electrons. The number of nitrogens with two attached hydrogens (primary N) is 3. The minimum absolute atomic E-state index is 0.0275. The van der Waals surface area contributed by atoms with Crippen molar-refractivity contribution >= 4 is 5.91 Å². The van der Waals surface area contributed by atoms with Crippen molar-refractivity contribution in [3.05, 3.63) is 0 Å². The van der Waals surface area contributed by atoms with Gasteiger partial charge in [0.05, 0.1) is 25.3 Å². The lowest BCUT2D eigenvalue weighted by Gasteiger charge is -2.49. The summed E-state index contributed by atoms with van der Waals surface area (Å²) in [5.74, 6) is -0.807. The molecule has 1 saturated carbocycles. The normalized spacial score (nSPS) is 43.9. The molecule has 1 aliphatic carbocycles. The number of aliphatic hydroxyl groups is 8. The molecule has 0 aromatic rings. The van der Waals surface area contributed by atoms with Gasteiger partial charge in [-0.25, -0.2) is 0 Å². The van der Waals surface area contributed by atoms with Gasteiger partial charge in [-0.3, -0.25) is 4.79 Å². The Balaban J connectivity index is 1.81. The highest BCUT2D eigenvalue weighted by Crippen LogP contribution is 2.32. The van der Waals surface area contributed by atoms with E-state index >= 15 is 0 Å². The van der Waals surface area contributed by atoms with Crippen LogP contribution >= 0.6 is 0 Å². The van der Waals surface area contributed by atoms with Gasteiger partial charge in [0.15, 0.2) is 12.6 Å². The number of rotatable bonds is 14. The van der Waals surface area contributed by atoms with Gasteiger partial charge in [0.2, 0.25) is 5.91 Å². The van der Waals surface area contributed by atoms with Gasteiger partial charge in [0.1, 0.15) is 60.5 Å². The van der Waals surface area contributed by atoms with Crippen LogP contribution in [0.2, 0.25) is 0 Å². The number of amides is 1. The monoisotopic (exact) mass is 656 g/mol. The van der Waals surface area contributed by atoms with E-state index in [1.54, 1.807) is 0 Å². The fourth-order valence-corrected chi connectivity index (χ4v) is 5.85. The van der Waals surface area contributed by atoms with E-state index in [0.717, 1.165) is 0 Å². The van der Waals surface area contributed by atoms with Crippen LogP contribution in [0.15, 0.2) is 0 Å². The van der Waals surface area contributed by atoms with Gasteiger partial charge < -0.3 is 93.0 Å². The number of ether oxygens (including phenoxy) is 4. The molecule has 19 heteroatoms. The Morgan fingerprint density at radius 1 is 1.04 bits per heavy atom. The number of likely N-dealkylation sites (N-methyl/N-ethyl adjacent to an activating group) is 1. The van der Waals surface area contributed by atoms with Gasteiger partial charge in [0, 0.05) is 25.2 Å². The van der Waals surface area contributed by atoms with Crippen molar-refractivity contribution in [1.82, 2.24) is 16.0 Å². The first kappa shape index (κ1) is 38.2. The summed E-state index contributed by atoms with van der Waals surface area (Å²) >= 11 is 0. The molecule has 0 aromatic carbocycles. The third kappa shape index (κ3) is 9.24. The van der Waals surface area contributed by atoms with Gasteiger partial charge in [-0.15, -0.1) is 0 Å². The molecule has 2 unspecified atom stereocenters. The number of hydrogen-bond donors (Lipinski definition) is 14. The predicted molar refractivity (Wildman–Crippen MR) is 154 cm³/mol. The first-order valence-corrected chi connectivity index (χ1v) is 15.1. The average Bonchev–Trinajstić information content (AvgIpc) is 2.98. The average molecular weight is 657 g/mol. The van der Waals surface area contributed by atoms with Crippen LogP contribution in [-0.2, 0) is 23.7 Å². The van der Waals surface area contributed by atoms with E-state index in [1.165, 1.54) is 14.0 Å². The number of carbonyl (C=O) groups excluding carboxylic acids is 1. The van der Waals surface area contributed by atoms with Gasteiger partial charge in [-0.05, 0) is 33.4 Å². The molecule has 0 bridgehead atoms. The lowest BCUT2D eigenvalue weighted by Crippen LogP contribution is -2.70. The molecule has 19 nitrogen and oxygen atoms in total. The third-order valence-corrected chi connectivity index (χ3v) is 8.47. The van der Waals surface area contributed by atoms with Crippen LogP contribution in [0.25, 0.3) is 0 Å². The summed E-state index contributed by atoms with van der Waals surface area (Å²) in [6.45, 7) is 1.05. The molecule has 2 heterocycles.